The molecule has 0 saturated carbocycles. The standard InChI is InChI=1S/C22H29N3O2/c1-3-27-21-7-5-4-6-20(21)24-22(26)16-23-18-8-10-19(11-9-18)25-14-12-17(2)13-15-25/h4-11,17,23H,3,12-16H2,1-2H3,(H,24,26). The van der Waals surface area contributed by atoms with Crippen molar-refractivity contribution in [2.45, 2.75) is 26.7 Å². The summed E-state index contributed by atoms with van der Waals surface area (Å²) in [6, 6.07) is 15.8. The number of amides is 1. The zero-order chi connectivity index (χ0) is 19.1. The van der Waals surface area contributed by atoms with Gasteiger partial charge in [0.25, 0.3) is 0 Å². The van der Waals surface area contributed by atoms with E-state index in [0.717, 1.165) is 24.7 Å². The van der Waals surface area contributed by atoms with Crippen molar-refractivity contribution < 1.29 is 9.53 Å². The minimum atomic E-state index is -0.101. The third-order valence-corrected chi connectivity index (χ3v) is 4.93. The Morgan fingerprint density at radius 1 is 1.11 bits per heavy atom. The van der Waals surface area contributed by atoms with Crippen molar-refractivity contribution in [3.8, 4) is 5.75 Å². The van der Waals surface area contributed by atoms with Gasteiger partial charge in [-0.3, -0.25) is 4.79 Å². The highest BCUT2D eigenvalue weighted by Gasteiger charge is 2.15. The minimum absolute atomic E-state index is 0.101. The van der Waals surface area contributed by atoms with Gasteiger partial charge in [0.1, 0.15) is 5.75 Å². The van der Waals surface area contributed by atoms with Gasteiger partial charge < -0.3 is 20.3 Å². The molecule has 1 amide bonds. The van der Waals surface area contributed by atoms with Gasteiger partial charge >= 0.3 is 0 Å². The number of piperidine rings is 1. The number of carbonyl (C=O) groups is 1. The van der Waals surface area contributed by atoms with Crippen molar-refractivity contribution >= 4 is 23.0 Å². The molecule has 0 aromatic heterocycles. The van der Waals surface area contributed by atoms with Gasteiger partial charge in [-0.05, 0) is 62.1 Å². The summed E-state index contributed by atoms with van der Waals surface area (Å²) in [5.41, 5.74) is 2.89. The van der Waals surface area contributed by atoms with Gasteiger partial charge in [-0.1, -0.05) is 19.1 Å². The molecule has 5 heteroatoms. The Hall–Kier alpha value is -2.69. The van der Waals surface area contributed by atoms with Crippen molar-refractivity contribution in [1.29, 1.82) is 0 Å². The molecule has 5 nitrogen and oxygen atoms in total. The fourth-order valence-electron chi connectivity index (χ4n) is 3.28. The van der Waals surface area contributed by atoms with Crippen molar-refractivity contribution in [2.75, 3.05) is 41.8 Å². The fraction of sp³-hybridized carbons (Fsp3) is 0.409. The van der Waals surface area contributed by atoms with Crippen molar-refractivity contribution in [1.82, 2.24) is 0 Å². The average molecular weight is 367 g/mol. The van der Waals surface area contributed by atoms with E-state index < -0.39 is 0 Å². The molecule has 2 N–H and O–H groups in total. The van der Waals surface area contributed by atoms with E-state index in [2.05, 4.69) is 34.6 Å². The zero-order valence-electron chi connectivity index (χ0n) is 16.2. The molecule has 2 aromatic rings. The maximum Gasteiger partial charge on any atom is 0.243 e. The second kappa shape index (κ2) is 9.31. The summed E-state index contributed by atoms with van der Waals surface area (Å²) in [6.45, 7) is 7.26. The first-order chi connectivity index (χ1) is 13.2. The number of carbonyl (C=O) groups excluding carboxylic acids is 1. The quantitative estimate of drug-likeness (QED) is 0.763. The van der Waals surface area contributed by atoms with Crippen LogP contribution in [0.5, 0.6) is 5.75 Å². The Labute approximate surface area is 161 Å². The number of rotatable bonds is 7. The van der Waals surface area contributed by atoms with Crippen LogP contribution in [-0.2, 0) is 4.79 Å². The predicted molar refractivity (Wildman–Crippen MR) is 112 cm³/mol. The van der Waals surface area contributed by atoms with E-state index in [1.807, 2.05) is 43.3 Å². The zero-order valence-corrected chi connectivity index (χ0v) is 16.2. The third-order valence-electron chi connectivity index (χ3n) is 4.93. The lowest BCUT2D eigenvalue weighted by atomic mass is 9.99. The number of hydrogen-bond acceptors (Lipinski definition) is 4. The summed E-state index contributed by atoms with van der Waals surface area (Å²) in [5, 5.41) is 6.08. The van der Waals surface area contributed by atoms with Gasteiger partial charge in [0.2, 0.25) is 5.91 Å². The molecule has 1 aliphatic rings. The van der Waals surface area contributed by atoms with Crippen molar-refractivity contribution in [3.05, 3.63) is 48.5 Å². The van der Waals surface area contributed by atoms with Crippen LogP contribution in [0, 0.1) is 5.92 Å². The first kappa shape index (κ1) is 19.1. The largest absolute Gasteiger partial charge is 0.492 e. The number of para-hydroxylation sites is 2. The Morgan fingerprint density at radius 3 is 2.52 bits per heavy atom. The Balaban J connectivity index is 1.50. The lowest BCUT2D eigenvalue weighted by Gasteiger charge is -2.32. The molecule has 0 spiro atoms. The van der Waals surface area contributed by atoms with Crippen LogP contribution in [-0.4, -0.2) is 32.1 Å². The van der Waals surface area contributed by atoms with E-state index in [9.17, 15) is 4.79 Å². The normalized spacial score (nSPS) is 14.7. The summed E-state index contributed by atoms with van der Waals surface area (Å²) in [6.07, 6.45) is 2.51. The van der Waals surface area contributed by atoms with E-state index in [0.29, 0.717) is 18.0 Å². The Morgan fingerprint density at radius 2 is 1.81 bits per heavy atom. The van der Waals surface area contributed by atoms with Gasteiger partial charge in [-0.25, -0.2) is 0 Å². The molecule has 0 bridgehead atoms. The molecular weight excluding hydrogens is 338 g/mol. The van der Waals surface area contributed by atoms with E-state index in [4.69, 9.17) is 4.74 Å². The number of benzene rings is 2. The molecule has 27 heavy (non-hydrogen) atoms. The molecule has 3 rings (SSSR count). The molecule has 0 aliphatic carbocycles. The highest BCUT2D eigenvalue weighted by Crippen LogP contribution is 2.25. The molecule has 1 fully saturated rings. The van der Waals surface area contributed by atoms with E-state index in [1.165, 1.54) is 18.5 Å². The Kier molecular flexibility index (Phi) is 6.58. The number of hydrogen-bond donors (Lipinski definition) is 2. The van der Waals surface area contributed by atoms with Crippen LogP contribution in [0.4, 0.5) is 17.1 Å². The SMILES string of the molecule is CCOc1ccccc1NC(=O)CNc1ccc(N2CCC(C)CC2)cc1. The highest BCUT2D eigenvalue weighted by molar-refractivity contribution is 5.95. The summed E-state index contributed by atoms with van der Waals surface area (Å²) in [7, 11) is 0. The minimum Gasteiger partial charge on any atom is -0.492 e. The monoisotopic (exact) mass is 367 g/mol. The molecule has 0 radical (unpaired) electrons. The van der Waals surface area contributed by atoms with Gasteiger partial charge in [0.15, 0.2) is 0 Å². The molecule has 144 valence electrons. The molecule has 1 aliphatic heterocycles. The molecular formula is C22H29N3O2. The van der Waals surface area contributed by atoms with Crippen molar-refractivity contribution in [3.63, 3.8) is 0 Å². The predicted octanol–water partition coefficient (Wildman–Crippen LogP) is 4.37. The van der Waals surface area contributed by atoms with Crippen LogP contribution in [0.15, 0.2) is 48.5 Å². The van der Waals surface area contributed by atoms with E-state index in [1.54, 1.807) is 0 Å². The number of ether oxygens (including phenoxy) is 1. The number of nitrogens with one attached hydrogen (secondary N) is 2. The van der Waals surface area contributed by atoms with Crippen LogP contribution in [0.3, 0.4) is 0 Å². The number of anilines is 3. The number of nitrogens with zero attached hydrogens (tertiary/aromatic N) is 1. The smallest absolute Gasteiger partial charge is 0.243 e. The second-order valence-electron chi connectivity index (χ2n) is 7.05. The molecule has 0 unspecified atom stereocenters. The van der Waals surface area contributed by atoms with Gasteiger partial charge in [0, 0.05) is 24.5 Å². The lowest BCUT2D eigenvalue weighted by Crippen LogP contribution is -2.32. The van der Waals surface area contributed by atoms with E-state index in [-0.39, 0.29) is 12.5 Å². The summed E-state index contributed by atoms with van der Waals surface area (Å²) >= 11 is 0. The summed E-state index contributed by atoms with van der Waals surface area (Å²) < 4.78 is 5.54. The molecule has 2 aromatic carbocycles. The summed E-state index contributed by atoms with van der Waals surface area (Å²) in [4.78, 5) is 14.7. The fourth-order valence-corrected chi connectivity index (χ4v) is 3.28. The maximum atomic E-state index is 12.2. The first-order valence-electron chi connectivity index (χ1n) is 9.76. The van der Waals surface area contributed by atoms with Gasteiger partial charge in [-0.15, -0.1) is 0 Å². The Bertz CT molecular complexity index is 737. The van der Waals surface area contributed by atoms with Crippen LogP contribution in [0.25, 0.3) is 0 Å². The van der Waals surface area contributed by atoms with Crippen LogP contribution < -0.4 is 20.3 Å². The van der Waals surface area contributed by atoms with Crippen LogP contribution >= 0.6 is 0 Å². The third kappa shape index (κ3) is 5.39. The average Bonchev–Trinajstić information content (AvgIpc) is 2.69. The van der Waals surface area contributed by atoms with E-state index >= 15 is 0 Å². The van der Waals surface area contributed by atoms with Crippen molar-refractivity contribution in [2.24, 2.45) is 5.92 Å². The topological polar surface area (TPSA) is 53.6 Å². The molecule has 1 saturated heterocycles. The molecule has 1 heterocycles. The maximum absolute atomic E-state index is 12.2. The van der Waals surface area contributed by atoms with Gasteiger partial charge in [0.05, 0.1) is 18.8 Å². The summed E-state index contributed by atoms with van der Waals surface area (Å²) in [5.74, 6) is 1.42. The lowest BCUT2D eigenvalue weighted by molar-refractivity contribution is -0.114. The highest BCUT2D eigenvalue weighted by atomic mass is 16.5. The van der Waals surface area contributed by atoms with Crippen LogP contribution in [0.2, 0.25) is 0 Å². The second-order valence-corrected chi connectivity index (χ2v) is 7.05. The van der Waals surface area contributed by atoms with Gasteiger partial charge in [-0.2, -0.15) is 0 Å². The molecule has 0 atom stereocenters. The first-order valence-corrected chi connectivity index (χ1v) is 9.76. The van der Waals surface area contributed by atoms with Crippen LogP contribution in [0.1, 0.15) is 26.7 Å².